The lowest BCUT2D eigenvalue weighted by atomic mass is 10.1. The Morgan fingerprint density at radius 2 is 2.12 bits per heavy atom. The Hall–Kier alpha value is -2.61. The van der Waals surface area contributed by atoms with Gasteiger partial charge in [0.2, 0.25) is 0 Å². The van der Waals surface area contributed by atoms with Crippen molar-refractivity contribution in [1.29, 1.82) is 5.26 Å². The summed E-state index contributed by atoms with van der Waals surface area (Å²) in [4.78, 5) is 24.8. The number of benzene rings is 1. The van der Waals surface area contributed by atoms with Crippen LogP contribution in [-0.2, 0) is 0 Å². The highest BCUT2D eigenvalue weighted by molar-refractivity contribution is 5.89. The summed E-state index contributed by atoms with van der Waals surface area (Å²) in [5.41, 5.74) is 0.151. The molecule has 2 rings (SSSR count). The number of carboxylic acids is 1. The molecule has 0 unspecified atom stereocenters. The highest BCUT2D eigenvalue weighted by atomic mass is 16.4. The standard InChI is InChI=1S/C11H6N2O3/c12-5-6-1-2-7-8(3-6)13-9(11(15)16)4-10(7)14/h1-4H,(H,13,14)(H,15,16). The molecular formula is C11H6N2O3. The summed E-state index contributed by atoms with van der Waals surface area (Å²) in [6, 6.07) is 7.40. The van der Waals surface area contributed by atoms with Crippen LogP contribution < -0.4 is 5.43 Å². The average molecular weight is 214 g/mol. The molecule has 0 saturated carbocycles. The quantitative estimate of drug-likeness (QED) is 0.743. The number of hydrogen-bond acceptors (Lipinski definition) is 3. The fourth-order valence-electron chi connectivity index (χ4n) is 1.44. The summed E-state index contributed by atoms with van der Waals surface area (Å²) in [6.45, 7) is 0. The highest BCUT2D eigenvalue weighted by Gasteiger charge is 2.07. The van der Waals surface area contributed by atoms with Crippen LogP contribution >= 0.6 is 0 Å². The molecule has 2 N–H and O–H groups in total. The van der Waals surface area contributed by atoms with E-state index in [1.54, 1.807) is 0 Å². The van der Waals surface area contributed by atoms with Crippen molar-refractivity contribution in [2.75, 3.05) is 0 Å². The van der Waals surface area contributed by atoms with Crippen molar-refractivity contribution in [2.24, 2.45) is 0 Å². The minimum atomic E-state index is -1.21. The summed E-state index contributed by atoms with van der Waals surface area (Å²) >= 11 is 0. The predicted molar refractivity (Wildman–Crippen MR) is 56.2 cm³/mol. The lowest BCUT2D eigenvalue weighted by molar-refractivity contribution is 0.0691. The Labute approximate surface area is 89.6 Å². The number of nitrogens with one attached hydrogen (secondary N) is 1. The topological polar surface area (TPSA) is 93.9 Å². The van der Waals surface area contributed by atoms with E-state index < -0.39 is 5.97 Å². The number of carboxylic acid groups (broad SMARTS) is 1. The molecule has 2 aromatic rings. The molecular weight excluding hydrogens is 208 g/mol. The molecule has 0 bridgehead atoms. The van der Waals surface area contributed by atoms with E-state index in [9.17, 15) is 9.59 Å². The molecule has 0 atom stereocenters. The number of aromatic nitrogens is 1. The summed E-state index contributed by atoms with van der Waals surface area (Å²) in [7, 11) is 0. The minimum absolute atomic E-state index is 0.187. The van der Waals surface area contributed by atoms with Crippen molar-refractivity contribution in [1.82, 2.24) is 4.98 Å². The molecule has 0 aliphatic heterocycles. The van der Waals surface area contributed by atoms with Crippen molar-refractivity contribution >= 4 is 16.9 Å². The summed E-state index contributed by atoms with van der Waals surface area (Å²) in [5.74, 6) is -1.21. The Balaban J connectivity index is 2.84. The average Bonchev–Trinajstić information content (AvgIpc) is 2.28. The van der Waals surface area contributed by atoms with E-state index in [0.29, 0.717) is 16.5 Å². The van der Waals surface area contributed by atoms with E-state index in [1.807, 2.05) is 6.07 Å². The number of pyridine rings is 1. The van der Waals surface area contributed by atoms with Gasteiger partial charge < -0.3 is 10.1 Å². The monoisotopic (exact) mass is 214 g/mol. The third-order valence-corrected chi connectivity index (χ3v) is 2.19. The Morgan fingerprint density at radius 3 is 2.75 bits per heavy atom. The zero-order valence-electron chi connectivity index (χ0n) is 8.02. The van der Waals surface area contributed by atoms with Crippen molar-refractivity contribution in [3.8, 4) is 6.07 Å². The number of nitriles is 1. The number of H-pyrrole nitrogens is 1. The fourth-order valence-corrected chi connectivity index (χ4v) is 1.44. The number of aromatic amines is 1. The minimum Gasteiger partial charge on any atom is -0.477 e. The van der Waals surface area contributed by atoms with E-state index in [0.717, 1.165) is 6.07 Å². The van der Waals surface area contributed by atoms with Crippen LogP contribution in [0.4, 0.5) is 0 Å². The second-order valence-corrected chi connectivity index (χ2v) is 3.22. The van der Waals surface area contributed by atoms with Gasteiger partial charge in [0, 0.05) is 11.5 Å². The Morgan fingerprint density at radius 1 is 1.38 bits per heavy atom. The predicted octanol–water partition coefficient (Wildman–Crippen LogP) is 1.10. The van der Waals surface area contributed by atoms with Gasteiger partial charge in [0.15, 0.2) is 5.43 Å². The molecule has 16 heavy (non-hydrogen) atoms. The maximum Gasteiger partial charge on any atom is 0.352 e. The molecule has 1 heterocycles. The van der Waals surface area contributed by atoms with Gasteiger partial charge in [-0.25, -0.2) is 4.79 Å². The molecule has 0 spiro atoms. The highest BCUT2D eigenvalue weighted by Crippen LogP contribution is 2.10. The SMILES string of the molecule is N#Cc1ccc2c(=O)cc(C(=O)O)[nH]c2c1. The first-order valence-electron chi connectivity index (χ1n) is 4.42. The maximum atomic E-state index is 11.5. The number of nitrogens with zero attached hydrogens (tertiary/aromatic N) is 1. The van der Waals surface area contributed by atoms with Crippen molar-refractivity contribution < 1.29 is 9.90 Å². The van der Waals surface area contributed by atoms with E-state index in [1.165, 1.54) is 18.2 Å². The van der Waals surface area contributed by atoms with Crippen LogP contribution in [0.2, 0.25) is 0 Å². The number of aromatic carboxylic acids is 1. The first-order valence-corrected chi connectivity index (χ1v) is 4.42. The lowest BCUT2D eigenvalue weighted by Gasteiger charge is -2.00. The van der Waals surface area contributed by atoms with Crippen molar-refractivity contribution in [3.05, 3.63) is 45.7 Å². The molecule has 1 aromatic heterocycles. The Kier molecular flexibility index (Phi) is 2.18. The maximum absolute atomic E-state index is 11.5. The molecule has 0 aliphatic rings. The first kappa shape index (κ1) is 9.93. The Bertz CT molecular complexity index is 680. The van der Waals surface area contributed by atoms with Crippen LogP contribution in [0.25, 0.3) is 10.9 Å². The largest absolute Gasteiger partial charge is 0.477 e. The van der Waals surface area contributed by atoms with Crippen LogP contribution in [0.5, 0.6) is 0 Å². The van der Waals surface area contributed by atoms with Gasteiger partial charge in [0.05, 0.1) is 17.1 Å². The third-order valence-electron chi connectivity index (χ3n) is 2.19. The van der Waals surface area contributed by atoms with E-state index in [2.05, 4.69) is 4.98 Å². The summed E-state index contributed by atoms with van der Waals surface area (Å²) in [5, 5.41) is 17.8. The number of fused-ring (bicyclic) bond motifs is 1. The molecule has 0 radical (unpaired) electrons. The number of rotatable bonds is 1. The molecule has 5 heteroatoms. The molecule has 0 fully saturated rings. The number of carbonyl (C=O) groups is 1. The zero-order valence-corrected chi connectivity index (χ0v) is 8.02. The van der Waals surface area contributed by atoms with Crippen molar-refractivity contribution in [3.63, 3.8) is 0 Å². The van der Waals surface area contributed by atoms with Crippen LogP contribution in [0.3, 0.4) is 0 Å². The van der Waals surface area contributed by atoms with Gasteiger partial charge in [-0.1, -0.05) is 0 Å². The van der Waals surface area contributed by atoms with Gasteiger partial charge in [-0.3, -0.25) is 4.79 Å². The van der Waals surface area contributed by atoms with Gasteiger partial charge in [-0.2, -0.15) is 5.26 Å². The lowest BCUT2D eigenvalue weighted by Crippen LogP contribution is -2.09. The van der Waals surface area contributed by atoms with Gasteiger partial charge in [-0.05, 0) is 18.2 Å². The molecule has 0 amide bonds. The second kappa shape index (κ2) is 3.51. The fraction of sp³-hybridized carbons (Fsp3) is 0. The number of hydrogen-bond donors (Lipinski definition) is 2. The zero-order chi connectivity index (χ0) is 11.7. The summed E-state index contributed by atoms with van der Waals surface area (Å²) in [6.07, 6.45) is 0. The smallest absolute Gasteiger partial charge is 0.352 e. The van der Waals surface area contributed by atoms with E-state index >= 15 is 0 Å². The molecule has 0 aliphatic carbocycles. The molecule has 5 nitrogen and oxygen atoms in total. The van der Waals surface area contributed by atoms with Crippen molar-refractivity contribution in [2.45, 2.75) is 0 Å². The van der Waals surface area contributed by atoms with E-state index in [-0.39, 0.29) is 11.1 Å². The third kappa shape index (κ3) is 1.53. The second-order valence-electron chi connectivity index (χ2n) is 3.22. The van der Waals surface area contributed by atoms with Gasteiger partial charge >= 0.3 is 5.97 Å². The molecule has 78 valence electrons. The van der Waals surface area contributed by atoms with E-state index in [4.69, 9.17) is 10.4 Å². The summed E-state index contributed by atoms with van der Waals surface area (Å²) < 4.78 is 0. The van der Waals surface area contributed by atoms with Gasteiger partial charge in [0.1, 0.15) is 5.69 Å². The van der Waals surface area contributed by atoms with Gasteiger partial charge in [0.25, 0.3) is 0 Å². The van der Waals surface area contributed by atoms with Crippen LogP contribution in [0, 0.1) is 11.3 Å². The van der Waals surface area contributed by atoms with Gasteiger partial charge in [-0.15, -0.1) is 0 Å². The van der Waals surface area contributed by atoms with Crippen LogP contribution in [0.15, 0.2) is 29.1 Å². The van der Waals surface area contributed by atoms with Crippen LogP contribution in [-0.4, -0.2) is 16.1 Å². The first-order chi connectivity index (χ1) is 7.61. The normalized spacial score (nSPS) is 9.94. The molecule has 0 saturated heterocycles. The van der Waals surface area contributed by atoms with Crippen LogP contribution in [0.1, 0.15) is 16.1 Å². The molecule has 1 aromatic carbocycles.